The van der Waals surface area contributed by atoms with Crippen molar-refractivity contribution in [3.63, 3.8) is 0 Å². The highest BCUT2D eigenvalue weighted by molar-refractivity contribution is 5.86. The third-order valence-corrected chi connectivity index (χ3v) is 5.79. The molecule has 8 heteroatoms. The zero-order valence-electron chi connectivity index (χ0n) is 16.2. The Morgan fingerprint density at radius 2 is 2.07 bits per heavy atom. The Labute approximate surface area is 164 Å². The van der Waals surface area contributed by atoms with E-state index in [-0.39, 0.29) is 30.8 Å². The first-order chi connectivity index (χ1) is 13.3. The van der Waals surface area contributed by atoms with Crippen molar-refractivity contribution in [3.8, 4) is 5.75 Å². The summed E-state index contributed by atoms with van der Waals surface area (Å²) in [7, 11) is 1.50. The Kier molecular flexibility index (Phi) is 6.20. The smallest absolute Gasteiger partial charge is 0.256 e. The average molecular weight is 393 g/mol. The van der Waals surface area contributed by atoms with Crippen LogP contribution in [-0.2, 0) is 16.1 Å². The summed E-state index contributed by atoms with van der Waals surface area (Å²) in [5.41, 5.74) is 4.23. The van der Waals surface area contributed by atoms with Gasteiger partial charge in [-0.25, -0.2) is 4.39 Å². The van der Waals surface area contributed by atoms with Crippen LogP contribution in [0.25, 0.3) is 0 Å². The minimum Gasteiger partial charge on any atom is -0.497 e. The number of halogens is 1. The first-order valence-electron chi connectivity index (χ1n) is 9.68. The number of benzene rings is 1. The number of amides is 2. The molecule has 2 amide bonds. The fourth-order valence-corrected chi connectivity index (χ4v) is 4.11. The fourth-order valence-electron chi connectivity index (χ4n) is 4.11. The maximum Gasteiger partial charge on any atom is 0.256 e. The van der Waals surface area contributed by atoms with E-state index < -0.39 is 11.4 Å². The van der Waals surface area contributed by atoms with Crippen molar-refractivity contribution < 1.29 is 23.8 Å². The van der Waals surface area contributed by atoms with Crippen LogP contribution in [0.3, 0.4) is 0 Å². The number of aliphatic hydroxyl groups is 1. The molecular formula is C20H28FN3O4. The van der Waals surface area contributed by atoms with Gasteiger partial charge in [0.05, 0.1) is 7.11 Å². The summed E-state index contributed by atoms with van der Waals surface area (Å²) in [4.78, 5) is 27.8. The van der Waals surface area contributed by atoms with E-state index in [9.17, 15) is 19.1 Å². The summed E-state index contributed by atoms with van der Waals surface area (Å²) >= 11 is 0. The standard InChI is InChI=1S/C20H28FN3O4/c1-28-16-3-4-17(21)15(11-16)12-24-8-2-7-20(27,19(24)26)13-23-9-5-14(6-10-23)18(22)25/h3-4,11,14,27H,2,5-10,12-13H2,1H3,(H2,22,25)/t20-/m1/s1. The molecule has 0 saturated carbocycles. The number of methoxy groups -OCH3 is 1. The summed E-state index contributed by atoms with van der Waals surface area (Å²) < 4.78 is 19.3. The molecule has 1 aromatic rings. The van der Waals surface area contributed by atoms with Gasteiger partial charge in [-0.05, 0) is 57.0 Å². The van der Waals surface area contributed by atoms with Crippen LogP contribution < -0.4 is 10.5 Å². The number of carbonyl (C=O) groups is 2. The molecule has 7 nitrogen and oxygen atoms in total. The number of nitrogens with two attached hydrogens (primary N) is 1. The number of hydrogen-bond acceptors (Lipinski definition) is 5. The van der Waals surface area contributed by atoms with E-state index in [0.29, 0.717) is 56.6 Å². The van der Waals surface area contributed by atoms with Crippen LogP contribution in [0.15, 0.2) is 18.2 Å². The maximum absolute atomic E-state index is 14.2. The van der Waals surface area contributed by atoms with E-state index in [0.717, 1.165) is 0 Å². The van der Waals surface area contributed by atoms with Crippen LogP contribution in [0, 0.1) is 11.7 Å². The van der Waals surface area contributed by atoms with E-state index in [1.165, 1.54) is 24.1 Å². The molecule has 0 bridgehead atoms. The van der Waals surface area contributed by atoms with Crippen molar-refractivity contribution in [2.75, 3.05) is 33.3 Å². The molecule has 2 aliphatic heterocycles. The second-order valence-corrected chi connectivity index (χ2v) is 7.77. The van der Waals surface area contributed by atoms with E-state index in [2.05, 4.69) is 0 Å². The van der Waals surface area contributed by atoms with E-state index in [1.54, 1.807) is 6.07 Å². The highest BCUT2D eigenvalue weighted by Gasteiger charge is 2.44. The highest BCUT2D eigenvalue weighted by atomic mass is 19.1. The van der Waals surface area contributed by atoms with Crippen LogP contribution in [0.5, 0.6) is 5.75 Å². The van der Waals surface area contributed by atoms with Crippen molar-refractivity contribution in [2.24, 2.45) is 11.7 Å². The molecule has 28 heavy (non-hydrogen) atoms. The van der Waals surface area contributed by atoms with Crippen molar-refractivity contribution >= 4 is 11.8 Å². The number of rotatable bonds is 6. The minimum absolute atomic E-state index is 0.0912. The summed E-state index contributed by atoms with van der Waals surface area (Å²) in [5, 5.41) is 11.0. The molecule has 0 radical (unpaired) electrons. The van der Waals surface area contributed by atoms with Gasteiger partial charge in [-0.2, -0.15) is 0 Å². The van der Waals surface area contributed by atoms with Gasteiger partial charge < -0.3 is 20.5 Å². The monoisotopic (exact) mass is 393 g/mol. The molecule has 2 fully saturated rings. The van der Waals surface area contributed by atoms with Gasteiger partial charge in [0.15, 0.2) is 5.60 Å². The molecule has 3 rings (SSSR count). The van der Waals surface area contributed by atoms with Crippen molar-refractivity contribution in [2.45, 2.75) is 37.8 Å². The molecule has 1 aromatic carbocycles. The number of ether oxygens (including phenoxy) is 1. The number of carbonyl (C=O) groups excluding carboxylic acids is 2. The molecule has 2 aliphatic rings. The Hall–Kier alpha value is -2.19. The van der Waals surface area contributed by atoms with Gasteiger partial charge in [-0.15, -0.1) is 0 Å². The predicted octanol–water partition coefficient (Wildman–Crippen LogP) is 0.885. The lowest BCUT2D eigenvalue weighted by molar-refractivity contribution is -0.160. The number of β-amino-alcohol motifs (C(OH)–C–C–N with tert-alkyl or cyclic N) is 1. The molecule has 154 valence electrons. The van der Waals surface area contributed by atoms with Crippen LogP contribution in [0.2, 0.25) is 0 Å². The second kappa shape index (κ2) is 8.45. The van der Waals surface area contributed by atoms with Gasteiger partial charge in [0.1, 0.15) is 11.6 Å². The average Bonchev–Trinajstić information content (AvgIpc) is 2.67. The zero-order valence-corrected chi connectivity index (χ0v) is 16.2. The molecule has 3 N–H and O–H groups in total. The van der Waals surface area contributed by atoms with Crippen molar-refractivity contribution in [1.82, 2.24) is 9.80 Å². The van der Waals surface area contributed by atoms with Gasteiger partial charge in [-0.1, -0.05) is 0 Å². The summed E-state index contributed by atoms with van der Waals surface area (Å²) in [6.07, 6.45) is 2.29. The Balaban J connectivity index is 1.65. The predicted molar refractivity (Wildman–Crippen MR) is 101 cm³/mol. The number of primary amides is 1. The molecule has 0 unspecified atom stereocenters. The van der Waals surface area contributed by atoms with Gasteiger partial charge in [0.25, 0.3) is 5.91 Å². The second-order valence-electron chi connectivity index (χ2n) is 7.77. The molecule has 1 atom stereocenters. The summed E-state index contributed by atoms with van der Waals surface area (Å²) in [6, 6.07) is 4.42. The largest absolute Gasteiger partial charge is 0.497 e. The van der Waals surface area contributed by atoms with Crippen molar-refractivity contribution in [3.05, 3.63) is 29.6 Å². The quantitative estimate of drug-likeness (QED) is 0.748. The molecule has 0 aromatic heterocycles. The molecular weight excluding hydrogens is 365 g/mol. The summed E-state index contributed by atoms with van der Waals surface area (Å²) in [5.74, 6) is -0.693. The minimum atomic E-state index is -1.49. The van der Waals surface area contributed by atoms with Crippen LogP contribution in [0.1, 0.15) is 31.2 Å². The van der Waals surface area contributed by atoms with Gasteiger partial charge in [0, 0.05) is 31.1 Å². The number of hydrogen-bond donors (Lipinski definition) is 2. The first kappa shape index (κ1) is 20.5. The number of likely N-dealkylation sites (tertiary alicyclic amines) is 2. The van der Waals surface area contributed by atoms with Crippen molar-refractivity contribution in [1.29, 1.82) is 0 Å². The molecule has 2 saturated heterocycles. The maximum atomic E-state index is 14.2. The lowest BCUT2D eigenvalue weighted by atomic mass is 9.89. The van der Waals surface area contributed by atoms with Crippen LogP contribution >= 0.6 is 0 Å². The van der Waals surface area contributed by atoms with E-state index in [4.69, 9.17) is 10.5 Å². The number of nitrogens with zero attached hydrogens (tertiary/aromatic N) is 2. The Morgan fingerprint density at radius 1 is 1.36 bits per heavy atom. The van der Waals surface area contributed by atoms with E-state index >= 15 is 0 Å². The Bertz CT molecular complexity index is 736. The van der Waals surface area contributed by atoms with Crippen LogP contribution in [-0.4, -0.2) is 65.6 Å². The lowest BCUT2D eigenvalue weighted by Crippen LogP contribution is -2.59. The molecule has 0 spiro atoms. The lowest BCUT2D eigenvalue weighted by Gasteiger charge is -2.42. The molecule has 2 heterocycles. The normalized spacial score (nSPS) is 24.4. The topological polar surface area (TPSA) is 96.1 Å². The zero-order chi connectivity index (χ0) is 20.3. The first-order valence-corrected chi connectivity index (χ1v) is 9.68. The van der Waals surface area contributed by atoms with Crippen LogP contribution in [0.4, 0.5) is 4.39 Å². The third kappa shape index (κ3) is 4.44. The highest BCUT2D eigenvalue weighted by Crippen LogP contribution is 2.28. The number of piperidine rings is 2. The fraction of sp³-hybridized carbons (Fsp3) is 0.600. The SMILES string of the molecule is COc1ccc(F)c(CN2CCC[C@@](O)(CN3CCC(C(N)=O)CC3)C2=O)c1. The van der Waals surface area contributed by atoms with Gasteiger partial charge in [0.2, 0.25) is 5.91 Å². The third-order valence-electron chi connectivity index (χ3n) is 5.79. The van der Waals surface area contributed by atoms with Gasteiger partial charge in [-0.3, -0.25) is 14.5 Å². The Morgan fingerprint density at radius 3 is 2.71 bits per heavy atom. The molecule has 0 aliphatic carbocycles. The van der Waals surface area contributed by atoms with Gasteiger partial charge >= 0.3 is 0 Å². The summed E-state index contributed by atoms with van der Waals surface area (Å²) in [6.45, 7) is 2.02. The van der Waals surface area contributed by atoms with E-state index in [1.807, 2.05) is 4.90 Å².